The summed E-state index contributed by atoms with van der Waals surface area (Å²) in [6, 6.07) is 4.73. The van der Waals surface area contributed by atoms with E-state index in [1.165, 1.54) is 0 Å². The number of hydrogen-bond acceptors (Lipinski definition) is 3. The van der Waals surface area contributed by atoms with Gasteiger partial charge in [0.2, 0.25) is 0 Å². The van der Waals surface area contributed by atoms with E-state index < -0.39 is 0 Å². The van der Waals surface area contributed by atoms with Crippen LogP contribution in [0.25, 0.3) is 0 Å². The third-order valence-corrected chi connectivity index (χ3v) is 3.59. The molecule has 0 amide bonds. The summed E-state index contributed by atoms with van der Waals surface area (Å²) in [5.41, 5.74) is -0.350. The predicted octanol–water partition coefficient (Wildman–Crippen LogP) is 2.55. The molecule has 1 fully saturated rings. The van der Waals surface area contributed by atoms with E-state index in [4.69, 9.17) is 10.5 Å². The molecule has 1 saturated heterocycles. The van der Waals surface area contributed by atoms with Gasteiger partial charge in [0.1, 0.15) is 0 Å². The van der Waals surface area contributed by atoms with Gasteiger partial charge in [-0.1, -0.05) is 0 Å². The fourth-order valence-electron chi connectivity index (χ4n) is 1.88. The zero-order valence-electron chi connectivity index (χ0n) is 10.6. The van der Waals surface area contributed by atoms with Crippen molar-refractivity contribution in [2.24, 2.45) is 10.8 Å². The van der Waals surface area contributed by atoms with Gasteiger partial charge in [0.05, 0.1) is 23.0 Å². The fraction of sp³-hybridized carbons (Fsp3) is 0.846. The van der Waals surface area contributed by atoms with E-state index in [9.17, 15) is 0 Å². The number of nitriles is 2. The molecular formula is C13H21N3. The molecule has 0 N–H and O–H groups in total. The molecule has 0 radical (unpaired) electrons. The average Bonchev–Trinajstić information content (AvgIpc) is 2.29. The second-order valence-corrected chi connectivity index (χ2v) is 5.76. The van der Waals surface area contributed by atoms with Gasteiger partial charge in [-0.2, -0.15) is 10.5 Å². The standard InChI is InChI=1S/C13H21N3/c1-12(2,10-14)4-7-16-8-5-13(3,11-15)6-9-16/h4-9H2,1-3H3. The maximum atomic E-state index is 9.02. The number of piperidine rings is 1. The number of rotatable bonds is 3. The van der Waals surface area contributed by atoms with Crippen LogP contribution < -0.4 is 0 Å². The lowest BCUT2D eigenvalue weighted by atomic mass is 9.81. The highest BCUT2D eigenvalue weighted by atomic mass is 15.1. The first kappa shape index (κ1) is 13.0. The van der Waals surface area contributed by atoms with E-state index in [1.54, 1.807) is 0 Å². The van der Waals surface area contributed by atoms with Crippen molar-refractivity contribution in [3.05, 3.63) is 0 Å². The molecule has 0 spiro atoms. The Balaban J connectivity index is 2.35. The van der Waals surface area contributed by atoms with Crippen LogP contribution in [0.3, 0.4) is 0 Å². The van der Waals surface area contributed by atoms with Crippen LogP contribution in [0.4, 0.5) is 0 Å². The van der Waals surface area contributed by atoms with Gasteiger partial charge in [0.25, 0.3) is 0 Å². The number of nitrogens with zero attached hydrogens (tertiary/aromatic N) is 3. The van der Waals surface area contributed by atoms with Crippen molar-refractivity contribution in [3.63, 3.8) is 0 Å². The second kappa shape index (κ2) is 4.85. The first-order valence-electron chi connectivity index (χ1n) is 5.96. The topological polar surface area (TPSA) is 50.8 Å². The van der Waals surface area contributed by atoms with Crippen LogP contribution in [0, 0.1) is 33.5 Å². The molecule has 1 aliphatic heterocycles. The van der Waals surface area contributed by atoms with Crippen LogP contribution in [-0.4, -0.2) is 24.5 Å². The van der Waals surface area contributed by atoms with Crippen molar-refractivity contribution in [3.8, 4) is 12.1 Å². The molecule has 3 heteroatoms. The first-order valence-corrected chi connectivity index (χ1v) is 5.96. The van der Waals surface area contributed by atoms with E-state index in [1.807, 2.05) is 20.8 Å². The average molecular weight is 219 g/mol. The van der Waals surface area contributed by atoms with Crippen molar-refractivity contribution in [2.75, 3.05) is 19.6 Å². The van der Waals surface area contributed by atoms with E-state index >= 15 is 0 Å². The highest BCUT2D eigenvalue weighted by Crippen LogP contribution is 2.30. The molecule has 0 aliphatic carbocycles. The van der Waals surface area contributed by atoms with Gasteiger partial charge < -0.3 is 4.90 Å². The SMILES string of the molecule is CC(C)(C#N)CCN1CCC(C)(C#N)CC1. The summed E-state index contributed by atoms with van der Waals surface area (Å²) >= 11 is 0. The Bertz CT molecular complexity index is 311. The lowest BCUT2D eigenvalue weighted by molar-refractivity contribution is 0.145. The Morgan fingerprint density at radius 3 is 2.25 bits per heavy atom. The molecule has 0 bridgehead atoms. The van der Waals surface area contributed by atoms with E-state index in [2.05, 4.69) is 17.0 Å². The monoisotopic (exact) mass is 219 g/mol. The van der Waals surface area contributed by atoms with E-state index in [-0.39, 0.29) is 10.8 Å². The molecule has 0 aromatic rings. The van der Waals surface area contributed by atoms with Gasteiger partial charge in [-0.3, -0.25) is 0 Å². The summed E-state index contributed by atoms with van der Waals surface area (Å²) in [7, 11) is 0. The molecule has 0 aromatic carbocycles. The highest BCUT2D eigenvalue weighted by Gasteiger charge is 2.30. The Morgan fingerprint density at radius 1 is 1.25 bits per heavy atom. The molecule has 3 nitrogen and oxygen atoms in total. The molecule has 0 unspecified atom stereocenters. The van der Waals surface area contributed by atoms with Gasteiger partial charge in [-0.15, -0.1) is 0 Å². The second-order valence-electron chi connectivity index (χ2n) is 5.76. The molecule has 1 heterocycles. The fourth-order valence-corrected chi connectivity index (χ4v) is 1.88. The zero-order valence-corrected chi connectivity index (χ0v) is 10.6. The minimum atomic E-state index is -0.226. The van der Waals surface area contributed by atoms with Crippen molar-refractivity contribution < 1.29 is 0 Å². The summed E-state index contributed by atoms with van der Waals surface area (Å²) in [5.74, 6) is 0. The van der Waals surface area contributed by atoms with Crippen molar-refractivity contribution in [1.82, 2.24) is 4.90 Å². The Labute approximate surface area is 98.7 Å². The Hall–Kier alpha value is -1.06. The van der Waals surface area contributed by atoms with Crippen LogP contribution in [0.15, 0.2) is 0 Å². The molecule has 0 aromatic heterocycles. The van der Waals surface area contributed by atoms with Gasteiger partial charge in [0, 0.05) is 0 Å². The largest absolute Gasteiger partial charge is 0.303 e. The molecular weight excluding hydrogens is 198 g/mol. The van der Waals surface area contributed by atoms with Crippen molar-refractivity contribution in [2.45, 2.75) is 40.0 Å². The lowest BCUT2D eigenvalue weighted by Crippen LogP contribution is -2.39. The normalized spacial score (nSPS) is 21.1. The van der Waals surface area contributed by atoms with E-state index in [0.717, 1.165) is 38.9 Å². The minimum absolute atomic E-state index is 0.124. The van der Waals surface area contributed by atoms with Gasteiger partial charge in [-0.05, 0) is 59.7 Å². The van der Waals surface area contributed by atoms with Crippen LogP contribution in [0.2, 0.25) is 0 Å². The van der Waals surface area contributed by atoms with Gasteiger partial charge in [0.15, 0.2) is 0 Å². The summed E-state index contributed by atoms with van der Waals surface area (Å²) in [4.78, 5) is 2.37. The summed E-state index contributed by atoms with van der Waals surface area (Å²) in [6.07, 6.45) is 2.82. The molecule has 16 heavy (non-hydrogen) atoms. The summed E-state index contributed by atoms with van der Waals surface area (Å²) < 4.78 is 0. The lowest BCUT2D eigenvalue weighted by Gasteiger charge is -2.35. The maximum Gasteiger partial charge on any atom is 0.0687 e. The zero-order chi connectivity index (χ0) is 12.2. The van der Waals surface area contributed by atoms with Crippen molar-refractivity contribution >= 4 is 0 Å². The predicted molar refractivity (Wildman–Crippen MR) is 63.4 cm³/mol. The van der Waals surface area contributed by atoms with Gasteiger partial charge in [-0.25, -0.2) is 0 Å². The quantitative estimate of drug-likeness (QED) is 0.733. The molecule has 0 atom stereocenters. The smallest absolute Gasteiger partial charge is 0.0687 e. The van der Waals surface area contributed by atoms with Crippen LogP contribution in [0.1, 0.15) is 40.0 Å². The Kier molecular flexibility index (Phi) is 3.94. The highest BCUT2D eigenvalue weighted by molar-refractivity contribution is 4.99. The van der Waals surface area contributed by atoms with Gasteiger partial charge >= 0.3 is 0 Å². The van der Waals surface area contributed by atoms with Crippen LogP contribution >= 0.6 is 0 Å². The minimum Gasteiger partial charge on any atom is -0.303 e. The third-order valence-electron chi connectivity index (χ3n) is 3.59. The summed E-state index contributed by atoms with van der Waals surface area (Å²) in [6.45, 7) is 8.97. The first-order chi connectivity index (χ1) is 7.41. The number of likely N-dealkylation sites (tertiary alicyclic amines) is 1. The van der Waals surface area contributed by atoms with Crippen LogP contribution in [0.5, 0.6) is 0 Å². The van der Waals surface area contributed by atoms with Crippen LogP contribution in [-0.2, 0) is 0 Å². The van der Waals surface area contributed by atoms with E-state index in [0.29, 0.717) is 0 Å². The molecule has 1 rings (SSSR count). The Morgan fingerprint density at radius 2 is 1.81 bits per heavy atom. The number of hydrogen-bond donors (Lipinski definition) is 0. The van der Waals surface area contributed by atoms with Crippen molar-refractivity contribution in [1.29, 1.82) is 10.5 Å². The molecule has 88 valence electrons. The molecule has 0 saturated carbocycles. The molecule has 1 aliphatic rings. The summed E-state index contributed by atoms with van der Waals surface area (Å²) in [5, 5.41) is 18.0. The third kappa shape index (κ3) is 3.51. The maximum absolute atomic E-state index is 9.02.